The van der Waals surface area contributed by atoms with Gasteiger partial charge in [0.15, 0.2) is 0 Å². The smallest absolute Gasteiger partial charge is 0.235 e. The number of nitrogens with zero attached hydrogens (tertiary/aromatic N) is 1. The third kappa shape index (κ3) is 2.69. The molecule has 3 nitrogen and oxygen atoms in total. The van der Waals surface area contributed by atoms with E-state index in [-0.39, 0.29) is 5.75 Å². The van der Waals surface area contributed by atoms with Crippen molar-refractivity contribution in [3.63, 3.8) is 0 Å². The summed E-state index contributed by atoms with van der Waals surface area (Å²) in [6.07, 6.45) is 0.597. The van der Waals surface area contributed by atoms with Gasteiger partial charge in [-0.15, -0.1) is 0 Å². The highest BCUT2D eigenvalue weighted by atomic mass is 127. The highest BCUT2D eigenvalue weighted by molar-refractivity contribution is 14.1. The fourth-order valence-electron chi connectivity index (χ4n) is 2.43. The van der Waals surface area contributed by atoms with Gasteiger partial charge in [-0.25, -0.2) is 8.42 Å². The van der Waals surface area contributed by atoms with Crippen molar-refractivity contribution in [1.82, 2.24) is 0 Å². The summed E-state index contributed by atoms with van der Waals surface area (Å²) in [7, 11) is -3.22. The Morgan fingerprint density at radius 1 is 1.10 bits per heavy atom. The summed E-state index contributed by atoms with van der Waals surface area (Å²) in [6, 6.07) is 15.6. The number of benzene rings is 2. The summed E-state index contributed by atoms with van der Waals surface area (Å²) in [6.45, 7) is 0.400. The number of fused-ring (bicyclic) bond motifs is 1. The van der Waals surface area contributed by atoms with Crippen LogP contribution in [0.3, 0.4) is 0 Å². The van der Waals surface area contributed by atoms with Gasteiger partial charge in [-0.2, -0.15) is 0 Å². The van der Waals surface area contributed by atoms with Gasteiger partial charge < -0.3 is 0 Å². The number of sulfonamides is 1. The van der Waals surface area contributed by atoms with Gasteiger partial charge >= 0.3 is 0 Å². The topological polar surface area (TPSA) is 37.4 Å². The minimum atomic E-state index is -3.22. The normalized spacial score (nSPS) is 16.8. The van der Waals surface area contributed by atoms with Crippen molar-refractivity contribution in [3.8, 4) is 0 Å². The largest absolute Gasteiger partial charge is 0.266 e. The molecule has 0 fully saturated rings. The Labute approximate surface area is 132 Å². The molecule has 0 saturated heterocycles. The van der Waals surface area contributed by atoms with E-state index < -0.39 is 10.0 Å². The van der Waals surface area contributed by atoms with Gasteiger partial charge in [0.05, 0.1) is 18.0 Å². The van der Waals surface area contributed by atoms with Crippen LogP contribution in [0.4, 0.5) is 5.69 Å². The number of anilines is 1. The monoisotopic (exact) mass is 399 g/mol. The SMILES string of the molecule is O=S1(=O)CCc2cc(I)ccc2N1Cc1ccccc1. The van der Waals surface area contributed by atoms with Crippen LogP contribution in [0.25, 0.3) is 0 Å². The predicted octanol–water partition coefficient (Wildman–Crippen LogP) is 3.18. The van der Waals surface area contributed by atoms with Crippen LogP contribution in [0, 0.1) is 3.57 Å². The zero-order valence-electron chi connectivity index (χ0n) is 10.8. The number of aryl methyl sites for hydroxylation is 1. The van der Waals surface area contributed by atoms with E-state index in [0.29, 0.717) is 13.0 Å². The van der Waals surface area contributed by atoms with E-state index in [1.807, 2.05) is 42.5 Å². The lowest BCUT2D eigenvalue weighted by molar-refractivity contribution is 0.587. The molecule has 1 aliphatic rings. The van der Waals surface area contributed by atoms with Gasteiger partial charge in [-0.3, -0.25) is 4.31 Å². The Morgan fingerprint density at radius 3 is 2.60 bits per heavy atom. The van der Waals surface area contributed by atoms with Gasteiger partial charge in [0.1, 0.15) is 0 Å². The van der Waals surface area contributed by atoms with Gasteiger partial charge in [-0.05, 0) is 58.3 Å². The van der Waals surface area contributed by atoms with Gasteiger partial charge in [0.2, 0.25) is 10.0 Å². The number of hydrogen-bond donors (Lipinski definition) is 0. The van der Waals surface area contributed by atoms with Gasteiger partial charge in [-0.1, -0.05) is 30.3 Å². The molecule has 0 aliphatic carbocycles. The Hall–Kier alpha value is -1.08. The van der Waals surface area contributed by atoms with Crippen molar-refractivity contribution >= 4 is 38.3 Å². The van der Waals surface area contributed by atoms with Crippen LogP contribution in [-0.4, -0.2) is 14.2 Å². The van der Waals surface area contributed by atoms with Crippen LogP contribution in [0.1, 0.15) is 11.1 Å². The van der Waals surface area contributed by atoms with Crippen molar-refractivity contribution < 1.29 is 8.42 Å². The lowest BCUT2D eigenvalue weighted by Crippen LogP contribution is -2.37. The molecule has 0 aromatic heterocycles. The van der Waals surface area contributed by atoms with Crippen LogP contribution < -0.4 is 4.31 Å². The Balaban J connectivity index is 2.04. The number of halogens is 1. The molecular weight excluding hydrogens is 385 g/mol. The average Bonchev–Trinajstić information content (AvgIpc) is 2.43. The summed E-state index contributed by atoms with van der Waals surface area (Å²) < 4.78 is 27.4. The first kappa shape index (κ1) is 13.9. The summed E-state index contributed by atoms with van der Waals surface area (Å²) in [5, 5.41) is 0. The third-order valence-electron chi connectivity index (χ3n) is 3.44. The van der Waals surface area contributed by atoms with Crippen LogP contribution in [0.15, 0.2) is 48.5 Å². The zero-order valence-corrected chi connectivity index (χ0v) is 13.8. The molecular formula is C15H14INO2S. The molecule has 0 N–H and O–H groups in total. The second kappa shape index (κ2) is 5.37. The molecule has 0 saturated carbocycles. The van der Waals surface area contributed by atoms with E-state index in [0.717, 1.165) is 20.4 Å². The number of hydrogen-bond acceptors (Lipinski definition) is 2. The maximum atomic E-state index is 12.4. The molecule has 0 radical (unpaired) electrons. The lowest BCUT2D eigenvalue weighted by atomic mass is 10.1. The molecule has 0 atom stereocenters. The lowest BCUT2D eigenvalue weighted by Gasteiger charge is -2.30. The first-order chi connectivity index (χ1) is 9.56. The van der Waals surface area contributed by atoms with Gasteiger partial charge in [0.25, 0.3) is 0 Å². The molecule has 104 valence electrons. The minimum absolute atomic E-state index is 0.187. The number of rotatable bonds is 2. The molecule has 1 aliphatic heterocycles. The highest BCUT2D eigenvalue weighted by Crippen LogP contribution is 2.32. The Kier molecular flexibility index (Phi) is 3.72. The molecule has 0 amide bonds. The van der Waals surface area contributed by atoms with Crippen molar-refractivity contribution in [2.24, 2.45) is 0 Å². The van der Waals surface area contributed by atoms with E-state index >= 15 is 0 Å². The molecule has 3 rings (SSSR count). The van der Waals surface area contributed by atoms with Crippen LogP contribution in [-0.2, 0) is 23.0 Å². The Morgan fingerprint density at radius 2 is 1.85 bits per heavy atom. The van der Waals surface area contributed by atoms with E-state index in [4.69, 9.17) is 0 Å². The molecule has 5 heteroatoms. The summed E-state index contributed by atoms with van der Waals surface area (Å²) in [5.41, 5.74) is 2.94. The second-order valence-electron chi connectivity index (χ2n) is 4.83. The molecule has 2 aromatic carbocycles. The second-order valence-corrected chi connectivity index (χ2v) is 8.09. The fraction of sp³-hybridized carbons (Fsp3) is 0.200. The summed E-state index contributed by atoms with van der Waals surface area (Å²) in [5.74, 6) is 0.187. The van der Waals surface area contributed by atoms with E-state index in [1.165, 1.54) is 4.31 Å². The summed E-state index contributed by atoms with van der Waals surface area (Å²) in [4.78, 5) is 0. The molecule has 0 bridgehead atoms. The van der Waals surface area contributed by atoms with E-state index in [1.54, 1.807) is 0 Å². The molecule has 0 unspecified atom stereocenters. The predicted molar refractivity (Wildman–Crippen MR) is 89.3 cm³/mol. The quantitative estimate of drug-likeness (QED) is 0.728. The third-order valence-corrected chi connectivity index (χ3v) is 5.83. The summed E-state index contributed by atoms with van der Waals surface area (Å²) >= 11 is 2.26. The van der Waals surface area contributed by atoms with Crippen LogP contribution >= 0.6 is 22.6 Å². The van der Waals surface area contributed by atoms with E-state index in [2.05, 4.69) is 28.7 Å². The molecule has 20 heavy (non-hydrogen) atoms. The van der Waals surface area contributed by atoms with Gasteiger partial charge in [0, 0.05) is 3.57 Å². The fourth-order valence-corrected chi connectivity index (χ4v) is 4.51. The highest BCUT2D eigenvalue weighted by Gasteiger charge is 2.29. The maximum Gasteiger partial charge on any atom is 0.235 e. The van der Waals surface area contributed by atoms with Crippen molar-refractivity contribution in [1.29, 1.82) is 0 Å². The maximum absolute atomic E-state index is 12.4. The van der Waals surface area contributed by atoms with Crippen molar-refractivity contribution in [2.75, 3.05) is 10.1 Å². The van der Waals surface area contributed by atoms with Crippen LogP contribution in [0.2, 0.25) is 0 Å². The zero-order chi connectivity index (χ0) is 14.2. The Bertz CT molecular complexity index is 729. The standard InChI is InChI=1S/C15H14INO2S/c16-14-6-7-15-13(10-14)8-9-20(18,19)17(15)11-12-4-2-1-3-5-12/h1-7,10H,8-9,11H2. The molecule has 0 spiro atoms. The van der Waals surface area contributed by atoms with E-state index in [9.17, 15) is 8.42 Å². The van der Waals surface area contributed by atoms with Crippen molar-refractivity contribution in [3.05, 3.63) is 63.2 Å². The van der Waals surface area contributed by atoms with Crippen molar-refractivity contribution in [2.45, 2.75) is 13.0 Å². The minimum Gasteiger partial charge on any atom is -0.266 e. The first-order valence-corrected chi connectivity index (χ1v) is 9.08. The molecule has 2 aromatic rings. The molecule has 1 heterocycles. The average molecular weight is 399 g/mol. The van der Waals surface area contributed by atoms with Crippen LogP contribution in [0.5, 0.6) is 0 Å². The first-order valence-electron chi connectivity index (χ1n) is 6.39.